The van der Waals surface area contributed by atoms with Crippen LogP contribution in [0.5, 0.6) is 0 Å². The molecule has 2 aromatic rings. The number of rotatable bonds is 3. The molecule has 2 heterocycles. The number of aromatic nitrogens is 2. The summed E-state index contributed by atoms with van der Waals surface area (Å²) in [6.45, 7) is 7.52. The van der Waals surface area contributed by atoms with Crippen molar-refractivity contribution in [2.24, 2.45) is 0 Å². The van der Waals surface area contributed by atoms with Gasteiger partial charge in [-0.05, 0) is 47.3 Å². The van der Waals surface area contributed by atoms with Gasteiger partial charge < -0.3 is 20.9 Å². The number of amides is 3. The lowest BCUT2D eigenvalue weighted by Crippen LogP contribution is -2.42. The second-order valence-electron chi connectivity index (χ2n) is 7.33. The summed E-state index contributed by atoms with van der Waals surface area (Å²) < 4.78 is 4.51. The molecule has 1 aromatic heterocycles. The number of nitrogen functional groups attached to an aromatic ring is 1. The zero-order valence-corrected chi connectivity index (χ0v) is 16.4. The van der Waals surface area contributed by atoms with Crippen LogP contribution in [0, 0.1) is 0 Å². The summed E-state index contributed by atoms with van der Waals surface area (Å²) in [4.78, 5) is 28.7. The van der Waals surface area contributed by atoms with Gasteiger partial charge in [-0.1, -0.05) is 26.0 Å². The minimum Gasteiger partial charge on any atom is -0.379 e. The molecule has 9 nitrogen and oxygen atoms in total. The van der Waals surface area contributed by atoms with E-state index in [-0.39, 0.29) is 29.5 Å². The SMILES string of the molecule is CC(C)c1ccc(NC(=O)N2CCN(C(=O)c3nonc3N)CC[C@H]2C)cc1. The average Bonchev–Trinajstić information content (AvgIpc) is 2.99. The maximum Gasteiger partial charge on any atom is 0.322 e. The average molecular weight is 386 g/mol. The van der Waals surface area contributed by atoms with Gasteiger partial charge in [0.25, 0.3) is 5.91 Å². The van der Waals surface area contributed by atoms with Gasteiger partial charge in [-0.2, -0.15) is 0 Å². The molecule has 1 aromatic carbocycles. The summed E-state index contributed by atoms with van der Waals surface area (Å²) in [6, 6.07) is 7.66. The standard InChI is InChI=1S/C19H26N6O3/c1-12(2)14-4-6-15(7-5-14)21-19(27)25-11-10-24(9-8-13(25)3)18(26)16-17(20)23-28-22-16/h4-7,12-13H,8-11H2,1-3H3,(H2,20,23)(H,21,27)/t13-/m1/s1. The highest BCUT2D eigenvalue weighted by atomic mass is 16.6. The molecule has 0 aliphatic carbocycles. The van der Waals surface area contributed by atoms with Crippen molar-refractivity contribution in [2.45, 2.75) is 39.2 Å². The molecule has 3 amide bonds. The second-order valence-corrected chi connectivity index (χ2v) is 7.33. The van der Waals surface area contributed by atoms with E-state index in [0.29, 0.717) is 32.0 Å². The van der Waals surface area contributed by atoms with Crippen molar-refractivity contribution in [3.63, 3.8) is 0 Å². The predicted octanol–water partition coefficient (Wildman–Crippen LogP) is 2.54. The monoisotopic (exact) mass is 386 g/mol. The highest BCUT2D eigenvalue weighted by Gasteiger charge is 2.29. The van der Waals surface area contributed by atoms with Gasteiger partial charge in [0.05, 0.1) is 0 Å². The number of hydrogen-bond acceptors (Lipinski definition) is 6. The molecule has 0 bridgehead atoms. The molecule has 0 saturated carbocycles. The third-order valence-corrected chi connectivity index (χ3v) is 5.05. The highest BCUT2D eigenvalue weighted by Crippen LogP contribution is 2.19. The molecule has 1 aliphatic rings. The van der Waals surface area contributed by atoms with Crippen molar-refractivity contribution in [3.8, 4) is 0 Å². The fourth-order valence-electron chi connectivity index (χ4n) is 3.20. The Morgan fingerprint density at radius 3 is 2.50 bits per heavy atom. The molecule has 0 radical (unpaired) electrons. The second kappa shape index (κ2) is 8.28. The van der Waals surface area contributed by atoms with E-state index in [4.69, 9.17) is 5.73 Å². The van der Waals surface area contributed by atoms with Crippen molar-refractivity contribution in [1.82, 2.24) is 20.1 Å². The fraction of sp³-hybridized carbons (Fsp3) is 0.474. The van der Waals surface area contributed by atoms with Crippen LogP contribution in [0.15, 0.2) is 28.9 Å². The van der Waals surface area contributed by atoms with Crippen LogP contribution in [0.3, 0.4) is 0 Å². The van der Waals surface area contributed by atoms with Crippen molar-refractivity contribution in [1.29, 1.82) is 0 Å². The van der Waals surface area contributed by atoms with Gasteiger partial charge in [0, 0.05) is 31.4 Å². The lowest BCUT2D eigenvalue weighted by atomic mass is 10.0. The number of nitrogens with zero attached hydrogens (tertiary/aromatic N) is 4. The van der Waals surface area contributed by atoms with Crippen molar-refractivity contribution in [3.05, 3.63) is 35.5 Å². The number of anilines is 2. The molecule has 0 unspecified atom stereocenters. The van der Waals surface area contributed by atoms with Crippen LogP contribution < -0.4 is 11.1 Å². The van der Waals surface area contributed by atoms with E-state index in [1.807, 2.05) is 31.2 Å². The number of nitrogens with two attached hydrogens (primary N) is 1. The molecule has 28 heavy (non-hydrogen) atoms. The Balaban J connectivity index is 1.63. The quantitative estimate of drug-likeness (QED) is 0.837. The first-order valence-corrected chi connectivity index (χ1v) is 9.41. The van der Waals surface area contributed by atoms with Crippen molar-refractivity contribution in [2.75, 3.05) is 30.7 Å². The number of carbonyl (C=O) groups excluding carboxylic acids is 2. The summed E-state index contributed by atoms with van der Waals surface area (Å²) in [5, 5.41) is 9.97. The van der Waals surface area contributed by atoms with Gasteiger partial charge in [-0.25, -0.2) is 9.42 Å². The minimum absolute atomic E-state index is 0.01000. The van der Waals surface area contributed by atoms with Crippen molar-refractivity contribution >= 4 is 23.4 Å². The van der Waals surface area contributed by atoms with E-state index >= 15 is 0 Å². The first-order chi connectivity index (χ1) is 13.4. The largest absolute Gasteiger partial charge is 0.379 e. The Morgan fingerprint density at radius 1 is 1.18 bits per heavy atom. The molecular formula is C19H26N6O3. The summed E-state index contributed by atoms with van der Waals surface area (Å²) in [5.74, 6) is 0.0760. The number of urea groups is 1. The number of carbonyl (C=O) groups is 2. The van der Waals surface area contributed by atoms with Gasteiger partial charge in [0.2, 0.25) is 11.5 Å². The van der Waals surface area contributed by atoms with Crippen LogP contribution in [0.1, 0.15) is 49.2 Å². The smallest absolute Gasteiger partial charge is 0.322 e. The predicted molar refractivity (Wildman–Crippen MR) is 105 cm³/mol. The Labute approximate surface area is 163 Å². The Morgan fingerprint density at radius 2 is 1.89 bits per heavy atom. The molecule has 1 saturated heterocycles. The summed E-state index contributed by atoms with van der Waals surface area (Å²) in [5.41, 5.74) is 7.60. The van der Waals surface area contributed by atoms with Gasteiger partial charge in [0.15, 0.2) is 0 Å². The highest BCUT2D eigenvalue weighted by molar-refractivity contribution is 5.96. The van der Waals surface area contributed by atoms with E-state index < -0.39 is 0 Å². The number of benzene rings is 1. The summed E-state index contributed by atoms with van der Waals surface area (Å²) in [6.07, 6.45) is 0.649. The van der Waals surface area contributed by atoms with Crippen LogP contribution in [0.4, 0.5) is 16.3 Å². The van der Waals surface area contributed by atoms with Gasteiger partial charge in [-0.15, -0.1) is 0 Å². The third kappa shape index (κ3) is 4.24. The molecule has 3 rings (SSSR count). The molecule has 3 N–H and O–H groups in total. The summed E-state index contributed by atoms with van der Waals surface area (Å²) >= 11 is 0. The maximum absolute atomic E-state index is 12.8. The summed E-state index contributed by atoms with van der Waals surface area (Å²) in [7, 11) is 0. The first-order valence-electron chi connectivity index (χ1n) is 9.41. The molecule has 1 fully saturated rings. The zero-order valence-electron chi connectivity index (χ0n) is 16.4. The fourth-order valence-corrected chi connectivity index (χ4v) is 3.20. The molecule has 1 aliphatic heterocycles. The van der Waals surface area contributed by atoms with E-state index in [9.17, 15) is 9.59 Å². The molecule has 150 valence electrons. The van der Waals surface area contributed by atoms with Gasteiger partial charge >= 0.3 is 6.03 Å². The van der Waals surface area contributed by atoms with Crippen molar-refractivity contribution < 1.29 is 14.2 Å². The Kier molecular flexibility index (Phi) is 5.81. The maximum atomic E-state index is 12.8. The van der Waals surface area contributed by atoms with Crippen LogP contribution in [-0.2, 0) is 0 Å². The van der Waals surface area contributed by atoms with Crippen LogP contribution >= 0.6 is 0 Å². The van der Waals surface area contributed by atoms with E-state index in [1.165, 1.54) is 5.56 Å². The van der Waals surface area contributed by atoms with Crippen LogP contribution in [-0.4, -0.2) is 57.7 Å². The lowest BCUT2D eigenvalue weighted by molar-refractivity contribution is 0.0752. The Bertz CT molecular complexity index is 832. The van der Waals surface area contributed by atoms with Crippen LogP contribution in [0.2, 0.25) is 0 Å². The number of nitrogens with one attached hydrogen (secondary N) is 1. The number of hydrogen-bond donors (Lipinski definition) is 2. The van der Waals surface area contributed by atoms with Gasteiger partial charge in [-0.3, -0.25) is 4.79 Å². The van der Waals surface area contributed by atoms with Crippen LogP contribution in [0.25, 0.3) is 0 Å². The van der Waals surface area contributed by atoms with E-state index in [0.717, 1.165) is 5.69 Å². The zero-order chi connectivity index (χ0) is 20.3. The molecule has 1 atom stereocenters. The Hall–Kier alpha value is -3.10. The normalized spacial score (nSPS) is 17.5. The lowest BCUT2D eigenvalue weighted by Gasteiger charge is -2.27. The van der Waals surface area contributed by atoms with E-state index in [2.05, 4.69) is 34.1 Å². The molecular weight excluding hydrogens is 360 g/mol. The first kappa shape index (κ1) is 19.7. The van der Waals surface area contributed by atoms with Gasteiger partial charge in [0.1, 0.15) is 0 Å². The van der Waals surface area contributed by atoms with E-state index in [1.54, 1.807) is 9.80 Å². The molecule has 0 spiro atoms. The third-order valence-electron chi connectivity index (χ3n) is 5.05. The molecule has 9 heteroatoms. The topological polar surface area (TPSA) is 118 Å². The minimum atomic E-state index is -0.336.